The first kappa shape index (κ1) is 13.5. The van der Waals surface area contributed by atoms with E-state index >= 15 is 0 Å². The van der Waals surface area contributed by atoms with Crippen LogP contribution in [0.25, 0.3) is 0 Å². The van der Waals surface area contributed by atoms with Gasteiger partial charge in [0.05, 0.1) is 6.61 Å². The Balaban J connectivity index is 2.60. The molecule has 1 fully saturated rings. The quantitative estimate of drug-likeness (QED) is 0.680. The molecule has 2 atom stereocenters. The predicted molar refractivity (Wildman–Crippen MR) is 62.5 cm³/mol. The van der Waals surface area contributed by atoms with Gasteiger partial charge in [0.2, 0.25) is 0 Å². The van der Waals surface area contributed by atoms with Crippen LogP contribution in [0.15, 0.2) is 0 Å². The molecular formula is C12H23NO3. The summed E-state index contributed by atoms with van der Waals surface area (Å²) in [4.78, 5) is 11.4. The molecule has 0 aromatic heterocycles. The minimum absolute atomic E-state index is 0.542. The second-order valence-electron chi connectivity index (χ2n) is 4.68. The molecule has 4 heteroatoms. The summed E-state index contributed by atoms with van der Waals surface area (Å²) >= 11 is 0. The fraction of sp³-hybridized carbons (Fsp3) is 0.917. The van der Waals surface area contributed by atoms with E-state index in [1.165, 1.54) is 0 Å². The number of hydrogen-bond donors (Lipinski definition) is 2. The lowest BCUT2D eigenvalue weighted by atomic mass is 9.74. The summed E-state index contributed by atoms with van der Waals surface area (Å²) in [6.07, 6.45) is 4.73. The molecule has 1 rings (SSSR count). The van der Waals surface area contributed by atoms with Gasteiger partial charge in [-0.2, -0.15) is 0 Å². The molecule has 0 aliphatic heterocycles. The number of ether oxygens (including phenoxy) is 1. The lowest BCUT2D eigenvalue weighted by Gasteiger charge is -2.38. The molecule has 2 N–H and O–H groups in total. The first-order chi connectivity index (χ1) is 7.64. The zero-order chi connectivity index (χ0) is 12.0. The Labute approximate surface area is 97.4 Å². The van der Waals surface area contributed by atoms with Gasteiger partial charge in [-0.15, -0.1) is 0 Å². The van der Waals surface area contributed by atoms with Crippen LogP contribution in [-0.2, 0) is 9.53 Å². The molecule has 0 heterocycles. The number of rotatable bonds is 6. The van der Waals surface area contributed by atoms with Crippen molar-refractivity contribution in [3.05, 3.63) is 0 Å². The summed E-state index contributed by atoms with van der Waals surface area (Å²) in [7, 11) is 1.63. The fourth-order valence-corrected chi connectivity index (χ4v) is 2.56. The number of nitrogens with one attached hydrogen (secondary N) is 1. The second kappa shape index (κ2) is 6.21. The zero-order valence-corrected chi connectivity index (χ0v) is 10.3. The number of carbonyl (C=O) groups is 1. The summed E-state index contributed by atoms with van der Waals surface area (Å²) in [5, 5.41) is 12.6. The molecule has 94 valence electrons. The molecule has 1 aliphatic rings. The van der Waals surface area contributed by atoms with Gasteiger partial charge in [-0.25, -0.2) is 0 Å². The average molecular weight is 229 g/mol. The number of carboxylic acids is 1. The predicted octanol–water partition coefficient (Wildman–Crippen LogP) is 1.65. The topological polar surface area (TPSA) is 58.6 Å². The summed E-state index contributed by atoms with van der Waals surface area (Å²) in [5.74, 6) is -0.165. The van der Waals surface area contributed by atoms with Gasteiger partial charge in [0.1, 0.15) is 5.54 Å². The Hall–Kier alpha value is -0.610. The van der Waals surface area contributed by atoms with Crippen molar-refractivity contribution >= 4 is 5.97 Å². The number of aliphatic carboxylic acids is 1. The SMILES string of the molecule is CCC1CCCC(NCCOC)(C(=O)O)C1. The molecule has 0 radical (unpaired) electrons. The Kier molecular flexibility index (Phi) is 5.22. The van der Waals surface area contributed by atoms with Crippen molar-refractivity contribution in [3.63, 3.8) is 0 Å². The maximum atomic E-state index is 11.4. The number of hydrogen-bond acceptors (Lipinski definition) is 3. The smallest absolute Gasteiger partial charge is 0.323 e. The summed E-state index contributed by atoms with van der Waals surface area (Å²) < 4.78 is 4.96. The number of carboxylic acid groups (broad SMARTS) is 1. The van der Waals surface area contributed by atoms with Gasteiger partial charge in [0.15, 0.2) is 0 Å². The molecule has 0 spiro atoms. The molecule has 0 aromatic rings. The lowest BCUT2D eigenvalue weighted by molar-refractivity contribution is -0.147. The highest BCUT2D eigenvalue weighted by Crippen LogP contribution is 2.34. The highest BCUT2D eigenvalue weighted by molar-refractivity contribution is 5.79. The van der Waals surface area contributed by atoms with E-state index in [1.807, 2.05) is 0 Å². The van der Waals surface area contributed by atoms with Crippen LogP contribution in [0.4, 0.5) is 0 Å². The molecule has 0 bridgehead atoms. The minimum atomic E-state index is -0.711. The molecule has 1 saturated carbocycles. The Morgan fingerprint density at radius 1 is 1.62 bits per heavy atom. The van der Waals surface area contributed by atoms with Crippen molar-refractivity contribution < 1.29 is 14.6 Å². The Morgan fingerprint density at radius 3 is 2.94 bits per heavy atom. The molecule has 0 saturated heterocycles. The van der Waals surface area contributed by atoms with E-state index in [0.29, 0.717) is 19.1 Å². The highest BCUT2D eigenvalue weighted by Gasteiger charge is 2.41. The molecule has 1 aliphatic carbocycles. The Bertz CT molecular complexity index is 232. The number of methoxy groups -OCH3 is 1. The van der Waals surface area contributed by atoms with E-state index in [9.17, 15) is 9.90 Å². The van der Waals surface area contributed by atoms with Crippen LogP contribution in [0.2, 0.25) is 0 Å². The second-order valence-corrected chi connectivity index (χ2v) is 4.68. The maximum absolute atomic E-state index is 11.4. The molecular weight excluding hydrogens is 206 g/mol. The van der Waals surface area contributed by atoms with Crippen LogP contribution < -0.4 is 5.32 Å². The van der Waals surface area contributed by atoms with Crippen LogP contribution in [-0.4, -0.2) is 36.9 Å². The first-order valence-corrected chi connectivity index (χ1v) is 6.12. The monoisotopic (exact) mass is 229 g/mol. The van der Waals surface area contributed by atoms with Gasteiger partial charge < -0.3 is 9.84 Å². The first-order valence-electron chi connectivity index (χ1n) is 6.12. The molecule has 0 amide bonds. The van der Waals surface area contributed by atoms with Gasteiger partial charge in [-0.1, -0.05) is 26.2 Å². The van der Waals surface area contributed by atoms with Gasteiger partial charge in [0, 0.05) is 13.7 Å². The van der Waals surface area contributed by atoms with Crippen LogP contribution in [0.5, 0.6) is 0 Å². The van der Waals surface area contributed by atoms with Crippen LogP contribution in [0.1, 0.15) is 39.0 Å². The fourth-order valence-electron chi connectivity index (χ4n) is 2.56. The molecule has 4 nitrogen and oxygen atoms in total. The van der Waals surface area contributed by atoms with E-state index in [2.05, 4.69) is 12.2 Å². The van der Waals surface area contributed by atoms with Crippen LogP contribution >= 0.6 is 0 Å². The van der Waals surface area contributed by atoms with Crippen molar-refractivity contribution in [2.45, 2.75) is 44.6 Å². The zero-order valence-electron chi connectivity index (χ0n) is 10.3. The van der Waals surface area contributed by atoms with E-state index in [4.69, 9.17) is 4.74 Å². The third-order valence-electron chi connectivity index (χ3n) is 3.61. The average Bonchev–Trinajstić information content (AvgIpc) is 2.29. The standard InChI is InChI=1S/C12H23NO3/c1-3-10-5-4-6-12(9-10,11(14)15)13-7-8-16-2/h10,13H,3-9H2,1-2H3,(H,14,15). The van der Waals surface area contributed by atoms with Crippen LogP contribution in [0, 0.1) is 5.92 Å². The van der Waals surface area contributed by atoms with Gasteiger partial charge in [-0.3, -0.25) is 10.1 Å². The van der Waals surface area contributed by atoms with E-state index < -0.39 is 11.5 Å². The van der Waals surface area contributed by atoms with E-state index in [1.54, 1.807) is 7.11 Å². The maximum Gasteiger partial charge on any atom is 0.323 e. The largest absolute Gasteiger partial charge is 0.480 e. The third kappa shape index (κ3) is 3.19. The summed E-state index contributed by atoms with van der Waals surface area (Å²) in [6.45, 7) is 3.31. The normalized spacial score (nSPS) is 30.2. The molecule has 0 aromatic carbocycles. The van der Waals surface area contributed by atoms with Crippen molar-refractivity contribution in [1.82, 2.24) is 5.32 Å². The van der Waals surface area contributed by atoms with Gasteiger partial charge in [0.25, 0.3) is 0 Å². The van der Waals surface area contributed by atoms with Crippen molar-refractivity contribution in [2.75, 3.05) is 20.3 Å². The van der Waals surface area contributed by atoms with Crippen LogP contribution in [0.3, 0.4) is 0 Å². The van der Waals surface area contributed by atoms with Crippen molar-refractivity contribution in [3.8, 4) is 0 Å². The molecule has 16 heavy (non-hydrogen) atoms. The highest BCUT2D eigenvalue weighted by atomic mass is 16.5. The Morgan fingerprint density at radius 2 is 2.38 bits per heavy atom. The molecule has 2 unspecified atom stereocenters. The van der Waals surface area contributed by atoms with E-state index in [0.717, 1.165) is 32.1 Å². The van der Waals surface area contributed by atoms with Gasteiger partial charge >= 0.3 is 5.97 Å². The summed E-state index contributed by atoms with van der Waals surface area (Å²) in [5.41, 5.74) is -0.711. The summed E-state index contributed by atoms with van der Waals surface area (Å²) in [6, 6.07) is 0. The third-order valence-corrected chi connectivity index (χ3v) is 3.61. The van der Waals surface area contributed by atoms with Crippen molar-refractivity contribution in [2.24, 2.45) is 5.92 Å². The minimum Gasteiger partial charge on any atom is -0.480 e. The van der Waals surface area contributed by atoms with Crippen molar-refractivity contribution in [1.29, 1.82) is 0 Å². The van der Waals surface area contributed by atoms with Gasteiger partial charge in [-0.05, 0) is 18.8 Å². The lowest BCUT2D eigenvalue weighted by Crippen LogP contribution is -2.55. The van der Waals surface area contributed by atoms with E-state index in [-0.39, 0.29) is 0 Å².